The zero-order chi connectivity index (χ0) is 6.85. The summed E-state index contributed by atoms with van der Waals surface area (Å²) in [7, 11) is -0.849. The number of nitrogens with zero attached hydrogens (tertiary/aromatic N) is 1. The Labute approximate surface area is 54.9 Å². The SMILES string of the molecule is Cc1ncc[s+]1C(=O)[O-]. The molecule has 0 aliphatic rings. The van der Waals surface area contributed by atoms with Crippen LogP contribution in [0.15, 0.2) is 11.6 Å². The van der Waals surface area contributed by atoms with E-state index in [0.717, 1.165) is 0 Å². The second-order valence-corrected chi connectivity index (χ2v) is 3.39. The van der Waals surface area contributed by atoms with E-state index in [1.807, 2.05) is 0 Å². The molecule has 1 aromatic heterocycles. The lowest BCUT2D eigenvalue weighted by Gasteiger charge is -1.84. The molecule has 0 fully saturated rings. The van der Waals surface area contributed by atoms with E-state index in [2.05, 4.69) is 4.98 Å². The Morgan fingerprint density at radius 1 is 1.89 bits per heavy atom. The van der Waals surface area contributed by atoms with Gasteiger partial charge in [-0.3, -0.25) is 0 Å². The van der Waals surface area contributed by atoms with Crippen molar-refractivity contribution in [2.24, 2.45) is 0 Å². The third-order valence-electron chi connectivity index (χ3n) is 0.951. The van der Waals surface area contributed by atoms with Crippen molar-refractivity contribution in [2.45, 2.75) is 6.92 Å². The molecule has 1 rings (SSSR count). The summed E-state index contributed by atoms with van der Waals surface area (Å²) in [4.78, 5) is 13.9. The Morgan fingerprint density at radius 2 is 2.56 bits per heavy atom. The monoisotopic (exact) mass is 143 g/mol. The summed E-state index contributed by atoms with van der Waals surface area (Å²) in [6.45, 7) is 1.68. The fraction of sp³-hybridized carbons (Fsp3) is 0.200. The molecule has 0 bridgehead atoms. The van der Waals surface area contributed by atoms with Gasteiger partial charge in [0.05, 0.1) is 16.7 Å². The zero-order valence-electron chi connectivity index (χ0n) is 4.83. The van der Waals surface area contributed by atoms with Gasteiger partial charge in [-0.05, 0) is 0 Å². The standard InChI is InChI=1S/C5H5NO2S/c1-4-6-2-3-9(4)5(7)8/h2-3H,1H3. The molecule has 1 unspecified atom stereocenters. The van der Waals surface area contributed by atoms with Crippen molar-refractivity contribution in [1.29, 1.82) is 0 Å². The topological polar surface area (TPSA) is 53.0 Å². The minimum atomic E-state index is -1.05. The molecule has 0 aliphatic carbocycles. The van der Waals surface area contributed by atoms with E-state index < -0.39 is 15.8 Å². The smallest absolute Gasteiger partial charge is 0.302 e. The van der Waals surface area contributed by atoms with Gasteiger partial charge in [0.15, 0.2) is 5.38 Å². The van der Waals surface area contributed by atoms with Crippen LogP contribution in [0, 0.1) is 6.92 Å². The lowest BCUT2D eigenvalue weighted by molar-refractivity contribution is -0.233. The first-order chi connectivity index (χ1) is 4.22. The molecule has 1 aromatic rings. The summed E-state index contributed by atoms with van der Waals surface area (Å²) in [6.07, 6.45) is 1.49. The van der Waals surface area contributed by atoms with Gasteiger partial charge in [-0.1, -0.05) is 0 Å². The quantitative estimate of drug-likeness (QED) is 0.532. The number of hydrogen-bond acceptors (Lipinski definition) is 3. The summed E-state index contributed by atoms with van der Waals surface area (Å²) < 4.78 is 0. The summed E-state index contributed by atoms with van der Waals surface area (Å²) >= 11 is 0. The first kappa shape index (κ1) is 6.22. The van der Waals surface area contributed by atoms with Crippen molar-refractivity contribution in [2.75, 3.05) is 0 Å². The van der Waals surface area contributed by atoms with Gasteiger partial charge in [0, 0.05) is 6.92 Å². The van der Waals surface area contributed by atoms with Gasteiger partial charge < -0.3 is 9.90 Å². The molecular formula is C5H5NO2S. The number of thiazole rings is 1. The van der Waals surface area contributed by atoms with E-state index in [0.29, 0.717) is 5.01 Å². The predicted octanol–water partition coefficient (Wildman–Crippen LogP) is 0.331. The van der Waals surface area contributed by atoms with Gasteiger partial charge in [-0.25, -0.2) is 4.98 Å². The molecule has 48 valence electrons. The number of aromatic nitrogens is 1. The van der Waals surface area contributed by atoms with Crippen LogP contribution in [0.1, 0.15) is 5.01 Å². The molecule has 0 amide bonds. The molecule has 1 heterocycles. The van der Waals surface area contributed by atoms with Gasteiger partial charge in [0.1, 0.15) is 0 Å². The van der Waals surface area contributed by atoms with E-state index in [9.17, 15) is 9.90 Å². The lowest BCUT2D eigenvalue weighted by Crippen LogP contribution is -2.16. The lowest BCUT2D eigenvalue weighted by atomic mass is 10.8. The van der Waals surface area contributed by atoms with Crippen LogP contribution in [0.5, 0.6) is 0 Å². The highest BCUT2D eigenvalue weighted by atomic mass is 32.2. The van der Waals surface area contributed by atoms with E-state index >= 15 is 0 Å². The predicted molar refractivity (Wildman–Crippen MR) is 32.2 cm³/mol. The first-order valence-corrected chi connectivity index (χ1v) is 3.66. The number of rotatable bonds is 1. The highest BCUT2D eigenvalue weighted by Gasteiger charge is 2.10. The zero-order valence-corrected chi connectivity index (χ0v) is 5.64. The highest BCUT2D eigenvalue weighted by molar-refractivity contribution is 7.49. The van der Waals surface area contributed by atoms with Crippen LogP contribution in [0.4, 0.5) is 4.79 Å². The van der Waals surface area contributed by atoms with E-state index in [1.54, 1.807) is 6.92 Å². The fourth-order valence-electron chi connectivity index (χ4n) is 0.528. The molecule has 0 aliphatic heterocycles. The van der Waals surface area contributed by atoms with E-state index in [4.69, 9.17) is 0 Å². The number of carboxylic acid groups (broad SMARTS) is 1. The van der Waals surface area contributed by atoms with Crippen molar-refractivity contribution in [1.82, 2.24) is 4.98 Å². The maximum Gasteiger partial charge on any atom is 0.302 e. The molecule has 4 heteroatoms. The summed E-state index contributed by atoms with van der Waals surface area (Å²) in [6, 6.07) is 0. The van der Waals surface area contributed by atoms with Gasteiger partial charge in [-0.15, -0.1) is 0 Å². The molecule has 0 N–H and O–H groups in total. The van der Waals surface area contributed by atoms with Gasteiger partial charge in [0.2, 0.25) is 5.01 Å². The average Bonchev–Trinajstić information content (AvgIpc) is 2.13. The third-order valence-corrected chi connectivity index (χ3v) is 2.45. The maximum absolute atomic E-state index is 10.2. The fourth-order valence-corrected chi connectivity index (χ4v) is 1.43. The maximum atomic E-state index is 10.2. The number of hydrogen-bond donors (Lipinski definition) is 0. The van der Waals surface area contributed by atoms with Crippen LogP contribution in [-0.2, 0) is 0 Å². The average molecular weight is 143 g/mol. The van der Waals surface area contributed by atoms with Crippen LogP contribution < -0.4 is 5.11 Å². The van der Waals surface area contributed by atoms with Crippen molar-refractivity contribution in [3.63, 3.8) is 0 Å². The number of carbonyl (C=O) groups is 1. The van der Waals surface area contributed by atoms with Crippen LogP contribution in [-0.4, -0.2) is 10.3 Å². The van der Waals surface area contributed by atoms with Crippen molar-refractivity contribution in [3.05, 3.63) is 16.6 Å². The van der Waals surface area contributed by atoms with Crippen LogP contribution in [0.25, 0.3) is 0 Å². The molecule has 0 radical (unpaired) electrons. The Kier molecular flexibility index (Phi) is 1.48. The normalized spacial score (nSPS) is 11.4. The van der Waals surface area contributed by atoms with Crippen LogP contribution in [0.3, 0.4) is 0 Å². The second kappa shape index (κ2) is 2.14. The van der Waals surface area contributed by atoms with Crippen molar-refractivity contribution in [3.8, 4) is 0 Å². The molecular weight excluding hydrogens is 138 g/mol. The minimum Gasteiger partial charge on any atom is -0.500 e. The number of carbonyl (C=O) groups excluding carboxylic acids is 1. The molecule has 0 saturated heterocycles. The second-order valence-electron chi connectivity index (χ2n) is 1.52. The summed E-state index contributed by atoms with van der Waals surface area (Å²) in [5.74, 6) is 0. The molecule has 0 spiro atoms. The first-order valence-electron chi connectivity index (χ1n) is 2.37. The van der Waals surface area contributed by atoms with Gasteiger partial charge >= 0.3 is 5.30 Å². The molecule has 1 atom stereocenters. The van der Waals surface area contributed by atoms with Crippen LogP contribution in [0.2, 0.25) is 0 Å². The van der Waals surface area contributed by atoms with E-state index in [1.165, 1.54) is 11.6 Å². The summed E-state index contributed by atoms with van der Waals surface area (Å²) in [5.41, 5.74) is 0. The Hall–Kier alpha value is -0.900. The Morgan fingerprint density at radius 3 is 2.78 bits per heavy atom. The third kappa shape index (κ3) is 1.08. The largest absolute Gasteiger partial charge is 0.500 e. The number of aryl methyl sites for hydroxylation is 1. The van der Waals surface area contributed by atoms with Crippen molar-refractivity contribution < 1.29 is 9.90 Å². The van der Waals surface area contributed by atoms with Crippen LogP contribution >= 0.6 is 10.5 Å². The molecule has 0 saturated carbocycles. The summed E-state index contributed by atoms with van der Waals surface area (Å²) in [5, 5.41) is 11.3. The Balaban J connectivity index is 3.08. The molecule has 9 heavy (non-hydrogen) atoms. The van der Waals surface area contributed by atoms with Crippen molar-refractivity contribution >= 4 is 15.8 Å². The minimum absolute atomic E-state index is 0.620. The molecule has 3 nitrogen and oxygen atoms in total. The van der Waals surface area contributed by atoms with E-state index in [-0.39, 0.29) is 0 Å². The van der Waals surface area contributed by atoms with Gasteiger partial charge in [-0.2, -0.15) is 0 Å². The highest BCUT2D eigenvalue weighted by Crippen LogP contribution is 2.18. The molecule has 0 aromatic carbocycles. The van der Waals surface area contributed by atoms with Gasteiger partial charge in [0.25, 0.3) is 0 Å². The Bertz CT molecular complexity index is 231.